The highest BCUT2D eigenvalue weighted by molar-refractivity contribution is 7.19. The van der Waals surface area contributed by atoms with Gasteiger partial charge in [0.2, 0.25) is 0 Å². The first-order valence-corrected chi connectivity index (χ1v) is 12.8. The number of aliphatic hydroxyl groups is 2. The Labute approximate surface area is 205 Å². The molecule has 1 unspecified atom stereocenters. The molecule has 1 fully saturated rings. The molecule has 0 amide bonds. The molecule has 34 heavy (non-hydrogen) atoms. The summed E-state index contributed by atoms with van der Waals surface area (Å²) in [5, 5.41) is 22.0. The second-order valence-electron chi connectivity index (χ2n) is 8.73. The van der Waals surface area contributed by atoms with Gasteiger partial charge in [0.25, 0.3) is 0 Å². The van der Waals surface area contributed by atoms with Crippen molar-refractivity contribution in [2.24, 2.45) is 11.8 Å². The van der Waals surface area contributed by atoms with Crippen LogP contribution in [0.1, 0.15) is 43.4 Å². The summed E-state index contributed by atoms with van der Waals surface area (Å²) in [4.78, 5) is 25.1. The fraction of sp³-hybridized carbons (Fsp3) is 0.429. The Bertz CT molecular complexity index is 988. The minimum atomic E-state index is -0.712. The molecule has 1 saturated carbocycles. The Morgan fingerprint density at radius 2 is 2.12 bits per heavy atom. The maximum absolute atomic E-state index is 12.4. The molecular formula is C28H34O5S. The molecule has 2 aromatic rings. The average molecular weight is 483 g/mol. The van der Waals surface area contributed by atoms with E-state index < -0.39 is 12.2 Å². The van der Waals surface area contributed by atoms with Crippen LogP contribution in [0.15, 0.2) is 67.3 Å². The molecular weight excluding hydrogens is 448 g/mol. The van der Waals surface area contributed by atoms with Crippen molar-refractivity contribution in [3.8, 4) is 0 Å². The van der Waals surface area contributed by atoms with E-state index in [4.69, 9.17) is 4.74 Å². The number of carbonyl (C=O) groups is 2. The first-order valence-electron chi connectivity index (χ1n) is 11.9. The monoisotopic (exact) mass is 482 g/mol. The van der Waals surface area contributed by atoms with E-state index in [2.05, 4.69) is 24.8 Å². The van der Waals surface area contributed by atoms with Gasteiger partial charge in [0.15, 0.2) is 0 Å². The molecule has 0 spiro atoms. The zero-order valence-corrected chi connectivity index (χ0v) is 20.3. The van der Waals surface area contributed by atoms with Crippen molar-refractivity contribution in [3.63, 3.8) is 0 Å². The fourth-order valence-electron chi connectivity index (χ4n) is 4.28. The van der Waals surface area contributed by atoms with Crippen LogP contribution in [0.5, 0.6) is 0 Å². The lowest BCUT2D eigenvalue weighted by Crippen LogP contribution is -2.19. The maximum atomic E-state index is 12.4. The maximum Gasteiger partial charge on any atom is 0.306 e. The molecule has 1 aliphatic rings. The van der Waals surface area contributed by atoms with Crippen LogP contribution in [0.3, 0.4) is 0 Å². The van der Waals surface area contributed by atoms with Gasteiger partial charge >= 0.3 is 5.97 Å². The Morgan fingerprint density at radius 1 is 1.29 bits per heavy atom. The van der Waals surface area contributed by atoms with Gasteiger partial charge < -0.3 is 14.9 Å². The Morgan fingerprint density at radius 3 is 2.91 bits per heavy atom. The van der Waals surface area contributed by atoms with Gasteiger partial charge in [0.1, 0.15) is 12.4 Å². The summed E-state index contributed by atoms with van der Waals surface area (Å²) in [5.41, 5.74) is 0. The predicted molar refractivity (Wildman–Crippen MR) is 137 cm³/mol. The second-order valence-corrected chi connectivity index (χ2v) is 9.90. The number of hydrogen-bond donors (Lipinski definition) is 2. The van der Waals surface area contributed by atoms with Crippen molar-refractivity contribution in [1.29, 1.82) is 0 Å². The summed E-state index contributed by atoms with van der Waals surface area (Å²) in [7, 11) is 0. The fourth-order valence-corrected chi connectivity index (χ4v) is 5.36. The number of fused-ring (bicyclic) bond motifs is 1. The number of ether oxygens (including phenoxy) is 1. The minimum absolute atomic E-state index is 0.0552. The molecule has 1 aromatic carbocycles. The topological polar surface area (TPSA) is 83.8 Å². The predicted octanol–water partition coefficient (Wildman–Crippen LogP) is 5.16. The Hall–Kier alpha value is -2.54. The van der Waals surface area contributed by atoms with Crippen molar-refractivity contribution in [2.75, 3.05) is 6.61 Å². The number of Topliss-reactive ketones (excluding diaryl/α,β-unsaturated/α-hetero) is 1. The van der Waals surface area contributed by atoms with Crippen LogP contribution in [0.2, 0.25) is 0 Å². The summed E-state index contributed by atoms with van der Waals surface area (Å²) < 4.78 is 6.19. The van der Waals surface area contributed by atoms with Crippen LogP contribution in [-0.2, 0) is 20.7 Å². The summed E-state index contributed by atoms with van der Waals surface area (Å²) in [6, 6.07) is 10.4. The Balaban J connectivity index is 1.44. The number of unbranched alkanes of at least 4 members (excludes halogenated alkanes) is 1. The highest BCUT2D eigenvalue weighted by Crippen LogP contribution is 2.33. The highest BCUT2D eigenvalue weighted by atomic mass is 32.1. The Kier molecular flexibility index (Phi) is 10.3. The molecule has 1 heterocycles. The third-order valence-electron chi connectivity index (χ3n) is 6.12. The molecule has 182 valence electrons. The number of benzene rings is 1. The van der Waals surface area contributed by atoms with E-state index in [1.54, 1.807) is 23.5 Å². The third kappa shape index (κ3) is 7.76. The molecule has 5 nitrogen and oxygen atoms in total. The minimum Gasteiger partial charge on any atom is -0.461 e. The number of aryl methyl sites for hydroxylation is 1. The van der Waals surface area contributed by atoms with Gasteiger partial charge in [-0.15, -0.1) is 11.3 Å². The van der Waals surface area contributed by atoms with Gasteiger partial charge in [-0.05, 0) is 49.6 Å². The molecule has 2 N–H and O–H groups in total. The third-order valence-corrected chi connectivity index (χ3v) is 7.30. The van der Waals surface area contributed by atoms with E-state index >= 15 is 0 Å². The van der Waals surface area contributed by atoms with Crippen LogP contribution < -0.4 is 0 Å². The quantitative estimate of drug-likeness (QED) is 0.234. The standard InChI is InChI=1S/C28H34O5S/c1-2-17-33-28(32)12-6-4-3-5-10-23-24(26(31)19-25(23)30)16-14-21(29)13-15-22-18-20-9-7-8-11-27(20)34-22/h2-3,5,7-9,11,14,16,18,21,23-24,26,29,31H,1,4,6,10,12-13,15,17,19H2/t21?,23-,24-,26-/m1/s1. The summed E-state index contributed by atoms with van der Waals surface area (Å²) in [6.07, 6.45) is 11.5. The van der Waals surface area contributed by atoms with Gasteiger partial charge in [-0.25, -0.2) is 0 Å². The summed E-state index contributed by atoms with van der Waals surface area (Å²) >= 11 is 1.75. The van der Waals surface area contributed by atoms with Gasteiger partial charge in [0.05, 0.1) is 12.2 Å². The summed E-state index contributed by atoms with van der Waals surface area (Å²) in [6.45, 7) is 3.74. The van der Waals surface area contributed by atoms with Crippen molar-refractivity contribution < 1.29 is 24.5 Å². The molecule has 0 saturated heterocycles. The lowest BCUT2D eigenvalue weighted by molar-refractivity contribution is -0.142. The number of allylic oxidation sites excluding steroid dienone is 2. The first-order chi connectivity index (χ1) is 16.5. The molecule has 0 radical (unpaired) electrons. The normalized spacial score (nSPS) is 21.6. The van der Waals surface area contributed by atoms with E-state index in [1.807, 2.05) is 30.4 Å². The molecule has 4 atom stereocenters. The van der Waals surface area contributed by atoms with Crippen LogP contribution in [0, 0.1) is 11.8 Å². The number of hydrogen-bond acceptors (Lipinski definition) is 6. The molecule has 3 rings (SSSR count). The summed E-state index contributed by atoms with van der Waals surface area (Å²) in [5.74, 6) is -0.752. The van der Waals surface area contributed by atoms with Gasteiger partial charge in [-0.2, -0.15) is 0 Å². The van der Waals surface area contributed by atoms with Crippen molar-refractivity contribution in [3.05, 3.63) is 72.2 Å². The van der Waals surface area contributed by atoms with Crippen LogP contribution >= 0.6 is 11.3 Å². The SMILES string of the molecule is C=CCOC(=O)CCCC=CC[C@H]1C(=O)C[C@@H](O)[C@@H]1C=CC(O)CCc1cc2ccccc2s1. The number of esters is 1. The van der Waals surface area contributed by atoms with Crippen molar-refractivity contribution in [1.82, 2.24) is 0 Å². The largest absolute Gasteiger partial charge is 0.461 e. The number of rotatable bonds is 13. The highest BCUT2D eigenvalue weighted by Gasteiger charge is 2.39. The van der Waals surface area contributed by atoms with E-state index in [-0.39, 0.29) is 36.6 Å². The average Bonchev–Trinajstić information content (AvgIpc) is 3.36. The van der Waals surface area contributed by atoms with Crippen LogP contribution in [0.4, 0.5) is 0 Å². The van der Waals surface area contributed by atoms with E-state index in [9.17, 15) is 19.8 Å². The number of thiophene rings is 1. The smallest absolute Gasteiger partial charge is 0.306 e. The van der Waals surface area contributed by atoms with E-state index in [0.717, 1.165) is 12.8 Å². The number of aliphatic hydroxyl groups excluding tert-OH is 2. The van der Waals surface area contributed by atoms with Crippen molar-refractivity contribution >= 4 is 33.2 Å². The molecule has 0 bridgehead atoms. The van der Waals surface area contributed by atoms with Crippen LogP contribution in [-0.4, -0.2) is 40.8 Å². The molecule has 1 aliphatic carbocycles. The first kappa shape index (κ1) is 26.1. The van der Waals surface area contributed by atoms with Gasteiger partial charge in [-0.3, -0.25) is 9.59 Å². The zero-order chi connectivity index (χ0) is 24.3. The second kappa shape index (κ2) is 13.4. The number of ketones is 1. The molecule has 1 aromatic heterocycles. The zero-order valence-electron chi connectivity index (χ0n) is 19.5. The van der Waals surface area contributed by atoms with Gasteiger partial charge in [0, 0.05) is 34.3 Å². The van der Waals surface area contributed by atoms with E-state index in [1.165, 1.54) is 15.0 Å². The van der Waals surface area contributed by atoms with Crippen LogP contribution in [0.25, 0.3) is 10.1 Å². The number of carbonyl (C=O) groups excluding carboxylic acids is 2. The lowest BCUT2D eigenvalue weighted by atomic mass is 9.90. The lowest BCUT2D eigenvalue weighted by Gasteiger charge is -2.16. The molecule has 6 heteroatoms. The van der Waals surface area contributed by atoms with Crippen molar-refractivity contribution in [2.45, 2.75) is 57.2 Å². The van der Waals surface area contributed by atoms with Gasteiger partial charge in [-0.1, -0.05) is 55.2 Å². The van der Waals surface area contributed by atoms with E-state index in [0.29, 0.717) is 25.7 Å². The molecule has 0 aliphatic heterocycles.